The fraction of sp³-hybridized carbons (Fsp3) is 0.857. The van der Waals surface area contributed by atoms with Gasteiger partial charge in [-0.3, -0.25) is 18.6 Å². The highest BCUT2D eigenvalue weighted by molar-refractivity contribution is 7.47. The van der Waals surface area contributed by atoms with E-state index in [9.17, 15) is 19.0 Å². The van der Waals surface area contributed by atoms with E-state index in [1.165, 1.54) is 231 Å². The average Bonchev–Trinajstić information content (AvgIpc) is 3.42. The molecular weight excluding hydrogens is 1010 g/mol. The van der Waals surface area contributed by atoms with Gasteiger partial charge in [0.2, 0.25) is 5.91 Å². The lowest BCUT2D eigenvalue weighted by atomic mass is 10.0. The molecule has 3 unspecified atom stereocenters. The van der Waals surface area contributed by atoms with Gasteiger partial charge < -0.3 is 19.4 Å². The van der Waals surface area contributed by atoms with Crippen molar-refractivity contribution >= 4 is 19.7 Å². The van der Waals surface area contributed by atoms with Crippen molar-refractivity contribution in [3.8, 4) is 0 Å². The fourth-order valence-electron chi connectivity index (χ4n) is 10.2. The molecular formula is C70H134N2O7P+. The van der Waals surface area contributed by atoms with Crippen molar-refractivity contribution in [1.82, 2.24) is 5.32 Å². The lowest BCUT2D eigenvalue weighted by Gasteiger charge is -2.27. The number of nitrogens with one attached hydrogen (secondary N) is 1. The molecule has 0 aromatic rings. The number of rotatable bonds is 63. The van der Waals surface area contributed by atoms with Gasteiger partial charge in [-0.1, -0.05) is 301 Å². The van der Waals surface area contributed by atoms with Gasteiger partial charge in [0.05, 0.1) is 33.8 Å². The van der Waals surface area contributed by atoms with E-state index in [0.717, 1.165) is 70.6 Å². The van der Waals surface area contributed by atoms with Crippen molar-refractivity contribution in [3.05, 3.63) is 48.6 Å². The van der Waals surface area contributed by atoms with Crippen LogP contribution < -0.4 is 5.32 Å². The number of quaternary nitrogens is 1. The summed E-state index contributed by atoms with van der Waals surface area (Å²) < 4.78 is 30.8. The van der Waals surface area contributed by atoms with E-state index in [2.05, 4.69) is 62.5 Å². The number of carbonyl (C=O) groups excluding carboxylic acids is 2. The van der Waals surface area contributed by atoms with Crippen LogP contribution in [0.4, 0.5) is 0 Å². The molecule has 0 fully saturated rings. The second-order valence-electron chi connectivity index (χ2n) is 24.7. The maximum Gasteiger partial charge on any atom is 0.472 e. The fourth-order valence-corrected chi connectivity index (χ4v) is 10.9. The van der Waals surface area contributed by atoms with Crippen molar-refractivity contribution in [1.29, 1.82) is 0 Å². The van der Waals surface area contributed by atoms with E-state index in [1.54, 1.807) is 0 Å². The van der Waals surface area contributed by atoms with Crippen LogP contribution in [0.25, 0.3) is 0 Å². The smallest absolute Gasteiger partial charge is 0.456 e. The molecule has 470 valence electrons. The highest BCUT2D eigenvalue weighted by Crippen LogP contribution is 2.43. The first-order chi connectivity index (χ1) is 38.9. The number of phosphoric ester groups is 1. The van der Waals surface area contributed by atoms with E-state index in [0.29, 0.717) is 23.9 Å². The van der Waals surface area contributed by atoms with Crippen molar-refractivity contribution in [2.45, 2.75) is 348 Å². The minimum absolute atomic E-state index is 0.0425. The number of esters is 1. The summed E-state index contributed by atoms with van der Waals surface area (Å²) in [5, 5.41) is 3.07. The quantitative estimate of drug-likeness (QED) is 0.0205. The van der Waals surface area contributed by atoms with E-state index in [4.69, 9.17) is 13.8 Å². The number of allylic oxidation sites excluding steroid dienone is 7. The molecule has 1 amide bonds. The maximum absolute atomic E-state index is 13.6. The summed E-state index contributed by atoms with van der Waals surface area (Å²) in [4.78, 5) is 37.8. The van der Waals surface area contributed by atoms with Crippen molar-refractivity contribution in [3.63, 3.8) is 0 Å². The van der Waals surface area contributed by atoms with Crippen LogP contribution in [0.1, 0.15) is 335 Å². The lowest BCUT2D eigenvalue weighted by molar-refractivity contribution is -0.870. The summed E-state index contributed by atoms with van der Waals surface area (Å²) in [6, 6.07) is -0.845. The van der Waals surface area contributed by atoms with E-state index >= 15 is 0 Å². The highest BCUT2D eigenvalue weighted by Gasteiger charge is 2.30. The topological polar surface area (TPSA) is 111 Å². The minimum Gasteiger partial charge on any atom is -0.456 e. The second-order valence-corrected chi connectivity index (χ2v) is 26.2. The number of carbonyl (C=O) groups is 2. The van der Waals surface area contributed by atoms with Crippen LogP contribution in [0.5, 0.6) is 0 Å². The molecule has 0 aromatic carbocycles. The first-order valence-electron chi connectivity index (χ1n) is 34.5. The number of hydrogen-bond donors (Lipinski definition) is 2. The Bertz CT molecular complexity index is 1510. The van der Waals surface area contributed by atoms with Gasteiger partial charge in [-0.25, -0.2) is 4.57 Å². The van der Waals surface area contributed by atoms with Crippen LogP contribution in [-0.4, -0.2) is 74.3 Å². The lowest BCUT2D eigenvalue weighted by Crippen LogP contribution is -2.47. The van der Waals surface area contributed by atoms with Crippen LogP contribution in [0, 0.1) is 0 Å². The molecule has 10 heteroatoms. The normalized spacial score (nSPS) is 13.8. The van der Waals surface area contributed by atoms with Gasteiger partial charge in [0.1, 0.15) is 19.3 Å². The van der Waals surface area contributed by atoms with Gasteiger partial charge >= 0.3 is 13.8 Å². The Labute approximate surface area is 497 Å². The Morgan fingerprint density at radius 3 is 1.16 bits per heavy atom. The molecule has 0 saturated heterocycles. The van der Waals surface area contributed by atoms with Gasteiger partial charge in [-0.05, 0) is 70.3 Å². The Morgan fingerprint density at radius 1 is 0.438 bits per heavy atom. The van der Waals surface area contributed by atoms with Crippen molar-refractivity contribution < 1.29 is 37.3 Å². The number of amides is 1. The Hall–Kier alpha value is -2.03. The monoisotopic (exact) mass is 1150 g/mol. The van der Waals surface area contributed by atoms with Crippen LogP contribution in [0.2, 0.25) is 0 Å². The maximum atomic E-state index is 13.6. The molecule has 9 nitrogen and oxygen atoms in total. The van der Waals surface area contributed by atoms with Gasteiger partial charge in [-0.2, -0.15) is 0 Å². The van der Waals surface area contributed by atoms with Crippen molar-refractivity contribution in [2.24, 2.45) is 0 Å². The summed E-state index contributed by atoms with van der Waals surface area (Å²) in [6.07, 6.45) is 75.4. The number of hydrogen-bond acceptors (Lipinski definition) is 6. The summed E-state index contributed by atoms with van der Waals surface area (Å²) in [5.41, 5.74) is 0. The molecule has 0 spiro atoms. The number of phosphoric acid groups is 1. The third-order valence-electron chi connectivity index (χ3n) is 15.5. The molecule has 0 aliphatic heterocycles. The van der Waals surface area contributed by atoms with Gasteiger partial charge in [0, 0.05) is 12.8 Å². The molecule has 0 heterocycles. The Morgan fingerprint density at radius 2 is 0.762 bits per heavy atom. The van der Waals surface area contributed by atoms with Gasteiger partial charge in [-0.15, -0.1) is 0 Å². The number of unbranched alkanes of at least 4 members (excludes halogenated alkanes) is 41. The Kier molecular flexibility index (Phi) is 58.6. The zero-order valence-corrected chi connectivity index (χ0v) is 54.7. The zero-order valence-electron chi connectivity index (χ0n) is 53.8. The standard InChI is InChI=1S/C70H133N2O7P/c1-7-10-13-16-19-22-25-28-30-31-32-33-34-35-36-37-38-39-40-41-42-45-48-51-54-57-60-63-70(74)79-68(61-58-55-52-49-46-43-27-24-21-18-15-12-9-3)67(66-78-80(75,76)77-65-64-72(4,5)6)71-69(73)62-59-56-53-50-47-44-29-26-23-20-17-14-11-8-2/h19,22,28,30,32-33,58,61,67-68H,7-18,20-21,23-27,29,31,34-57,59-60,62-66H2,1-6H3,(H-,71,73,75,76)/p+1/b22-19-,30-28-,33-32-,61-58-. The molecule has 0 aliphatic carbocycles. The van der Waals surface area contributed by atoms with Crippen molar-refractivity contribution in [2.75, 3.05) is 40.9 Å². The average molecular weight is 1150 g/mol. The molecule has 0 saturated carbocycles. The SMILES string of the molecule is CCCCC/C=C\C/C=C\C/C=C\CCCCCCCCCCCCCCCCC(=O)OC(/C=C\CCCCCCCCCCCCC)C(COP(=O)(O)OCC[N+](C)(C)C)NC(=O)CCCCCCCCCCCCCCCC. The summed E-state index contributed by atoms with van der Waals surface area (Å²) >= 11 is 0. The molecule has 2 N–H and O–H groups in total. The minimum atomic E-state index is -4.45. The molecule has 0 aliphatic rings. The second kappa shape index (κ2) is 60.1. The Balaban J connectivity index is 5.03. The summed E-state index contributed by atoms with van der Waals surface area (Å²) in [7, 11) is 1.51. The molecule has 3 atom stereocenters. The number of likely N-dealkylation sites (N-methyl/N-ethyl adjacent to an activating group) is 1. The van der Waals surface area contributed by atoms with Gasteiger partial charge in [0.15, 0.2) is 0 Å². The summed E-state index contributed by atoms with van der Waals surface area (Å²) in [5.74, 6) is -0.490. The number of ether oxygens (including phenoxy) is 1. The molecule has 80 heavy (non-hydrogen) atoms. The van der Waals surface area contributed by atoms with Gasteiger partial charge in [0.25, 0.3) is 0 Å². The van der Waals surface area contributed by atoms with Crippen LogP contribution in [0.15, 0.2) is 48.6 Å². The van der Waals surface area contributed by atoms with Crippen LogP contribution in [0.3, 0.4) is 0 Å². The third-order valence-corrected chi connectivity index (χ3v) is 16.5. The van der Waals surface area contributed by atoms with Crippen LogP contribution >= 0.6 is 7.82 Å². The zero-order chi connectivity index (χ0) is 58.6. The van der Waals surface area contributed by atoms with E-state index in [-0.39, 0.29) is 25.1 Å². The summed E-state index contributed by atoms with van der Waals surface area (Å²) in [6.45, 7) is 7.03. The third kappa shape index (κ3) is 60.6. The predicted octanol–water partition coefficient (Wildman–Crippen LogP) is 21.6. The van der Waals surface area contributed by atoms with E-state index in [1.807, 2.05) is 33.3 Å². The molecule has 0 radical (unpaired) electrons. The first kappa shape index (κ1) is 78.0. The van der Waals surface area contributed by atoms with Crippen LogP contribution in [-0.2, 0) is 27.9 Å². The van der Waals surface area contributed by atoms with E-state index < -0.39 is 20.0 Å². The number of nitrogens with zero attached hydrogens (tertiary/aromatic N) is 1. The first-order valence-corrected chi connectivity index (χ1v) is 36.0. The largest absolute Gasteiger partial charge is 0.472 e. The highest BCUT2D eigenvalue weighted by atomic mass is 31.2. The molecule has 0 bridgehead atoms. The molecule has 0 rings (SSSR count). The molecule has 0 aromatic heterocycles. The predicted molar refractivity (Wildman–Crippen MR) is 346 cm³/mol.